The van der Waals surface area contributed by atoms with Crippen molar-refractivity contribution in [3.05, 3.63) is 30.2 Å². The highest BCUT2D eigenvalue weighted by Crippen LogP contribution is 2.34. The summed E-state index contributed by atoms with van der Waals surface area (Å²) >= 11 is 0. The van der Waals surface area contributed by atoms with Crippen molar-refractivity contribution in [2.24, 2.45) is 0 Å². The topological polar surface area (TPSA) is 107 Å². The van der Waals surface area contributed by atoms with Gasteiger partial charge in [-0.3, -0.25) is 9.78 Å². The molecule has 11 nitrogen and oxygen atoms in total. The Kier molecular flexibility index (Phi) is 6.78. The number of nitrogens with one attached hydrogen (secondary N) is 1. The van der Waals surface area contributed by atoms with E-state index >= 15 is 0 Å². The number of carbonyl (C=O) groups excluding carboxylic acids is 2. The Morgan fingerprint density at radius 3 is 2.59 bits per heavy atom. The number of rotatable bonds is 4. The van der Waals surface area contributed by atoms with Crippen LogP contribution in [0.4, 0.5) is 27.9 Å². The van der Waals surface area contributed by atoms with Crippen molar-refractivity contribution >= 4 is 35.1 Å². The van der Waals surface area contributed by atoms with Crippen LogP contribution in [0.3, 0.4) is 0 Å². The molecule has 2 amide bonds. The lowest BCUT2D eigenvalue weighted by Gasteiger charge is -2.37. The molecule has 198 valence electrons. The van der Waals surface area contributed by atoms with Crippen LogP contribution in [0.1, 0.15) is 50.9 Å². The summed E-state index contributed by atoms with van der Waals surface area (Å²) in [4.78, 5) is 47.8. The number of pyridine rings is 1. The molecular formula is C26H36N8O3. The van der Waals surface area contributed by atoms with Crippen molar-refractivity contribution in [1.29, 1.82) is 0 Å². The van der Waals surface area contributed by atoms with Crippen molar-refractivity contribution in [3.8, 4) is 0 Å². The van der Waals surface area contributed by atoms with Gasteiger partial charge in [-0.15, -0.1) is 0 Å². The molecular weight excluding hydrogens is 472 g/mol. The molecule has 1 N–H and O–H groups in total. The molecule has 0 spiro atoms. The average Bonchev–Trinajstić information content (AvgIpc) is 3.30. The van der Waals surface area contributed by atoms with Crippen LogP contribution >= 0.6 is 0 Å². The number of hydrogen-bond donors (Lipinski definition) is 1. The largest absolute Gasteiger partial charge is 0.444 e. The highest BCUT2D eigenvalue weighted by Gasteiger charge is 2.38. The van der Waals surface area contributed by atoms with Crippen LogP contribution in [0.25, 0.3) is 0 Å². The van der Waals surface area contributed by atoms with E-state index in [-0.39, 0.29) is 18.0 Å². The highest BCUT2D eigenvalue weighted by atomic mass is 16.6. The maximum absolute atomic E-state index is 13.8. The van der Waals surface area contributed by atoms with E-state index in [4.69, 9.17) is 9.72 Å². The average molecular weight is 509 g/mol. The van der Waals surface area contributed by atoms with Crippen LogP contribution in [0.5, 0.6) is 0 Å². The Labute approximate surface area is 217 Å². The van der Waals surface area contributed by atoms with Gasteiger partial charge in [0.15, 0.2) is 0 Å². The Morgan fingerprint density at radius 2 is 1.86 bits per heavy atom. The first-order valence-corrected chi connectivity index (χ1v) is 13.1. The first-order valence-electron chi connectivity index (χ1n) is 13.1. The molecule has 2 aromatic heterocycles. The summed E-state index contributed by atoms with van der Waals surface area (Å²) < 4.78 is 5.52. The summed E-state index contributed by atoms with van der Waals surface area (Å²) in [5, 5.41) is 3.16. The molecule has 0 saturated carbocycles. The van der Waals surface area contributed by atoms with Crippen molar-refractivity contribution < 1.29 is 14.3 Å². The molecule has 0 unspecified atom stereocenters. The van der Waals surface area contributed by atoms with Gasteiger partial charge in [-0.25, -0.2) is 9.78 Å². The zero-order valence-corrected chi connectivity index (χ0v) is 22.1. The van der Waals surface area contributed by atoms with Crippen molar-refractivity contribution in [3.63, 3.8) is 0 Å². The van der Waals surface area contributed by atoms with E-state index in [9.17, 15) is 9.59 Å². The SMILES string of the molecule is CCNc1ncc2c(n1)N1CCC[C@H]1CN(c1cncc(N3CCN(C(=O)OC(C)(C)C)CC3)c1)C2=O. The number of amides is 2. The molecule has 3 aliphatic rings. The predicted molar refractivity (Wildman–Crippen MR) is 142 cm³/mol. The summed E-state index contributed by atoms with van der Waals surface area (Å²) in [5.74, 6) is 1.15. The first kappa shape index (κ1) is 25.0. The number of nitrogens with zero attached hydrogens (tertiary/aromatic N) is 7. The van der Waals surface area contributed by atoms with Gasteiger partial charge in [0.2, 0.25) is 5.95 Å². The molecule has 0 aliphatic carbocycles. The molecule has 3 aliphatic heterocycles. The fourth-order valence-corrected chi connectivity index (χ4v) is 5.16. The van der Waals surface area contributed by atoms with Gasteiger partial charge in [0, 0.05) is 58.1 Å². The normalized spacial score (nSPS) is 19.9. The van der Waals surface area contributed by atoms with Crippen molar-refractivity contribution in [2.45, 2.75) is 52.2 Å². The van der Waals surface area contributed by atoms with Gasteiger partial charge >= 0.3 is 6.09 Å². The maximum atomic E-state index is 13.8. The summed E-state index contributed by atoms with van der Waals surface area (Å²) in [7, 11) is 0. The lowest BCUT2D eigenvalue weighted by molar-refractivity contribution is 0.0240. The number of carbonyl (C=O) groups is 2. The Hall–Kier alpha value is -3.63. The van der Waals surface area contributed by atoms with Gasteiger partial charge in [0.25, 0.3) is 5.91 Å². The maximum Gasteiger partial charge on any atom is 0.410 e. The second kappa shape index (κ2) is 10.0. The first-order chi connectivity index (χ1) is 17.7. The smallest absolute Gasteiger partial charge is 0.410 e. The molecule has 5 rings (SSSR count). The molecule has 0 aromatic carbocycles. The second-order valence-corrected chi connectivity index (χ2v) is 10.7. The van der Waals surface area contributed by atoms with Gasteiger partial charge < -0.3 is 29.7 Å². The van der Waals surface area contributed by atoms with E-state index in [1.54, 1.807) is 17.3 Å². The number of aromatic nitrogens is 3. The number of ether oxygens (including phenoxy) is 1. The van der Waals surface area contributed by atoms with Crippen LogP contribution in [-0.2, 0) is 4.74 Å². The van der Waals surface area contributed by atoms with Crippen molar-refractivity contribution in [1.82, 2.24) is 19.9 Å². The van der Waals surface area contributed by atoms with E-state index in [2.05, 4.69) is 25.1 Å². The zero-order valence-electron chi connectivity index (χ0n) is 22.1. The molecule has 2 aromatic rings. The molecule has 5 heterocycles. The van der Waals surface area contributed by atoms with E-state index < -0.39 is 5.60 Å². The minimum atomic E-state index is -0.515. The molecule has 0 bridgehead atoms. The van der Waals surface area contributed by atoms with Gasteiger partial charge in [-0.2, -0.15) is 4.98 Å². The van der Waals surface area contributed by atoms with Gasteiger partial charge in [-0.1, -0.05) is 0 Å². The summed E-state index contributed by atoms with van der Waals surface area (Å²) in [5.41, 5.74) is 1.69. The van der Waals surface area contributed by atoms with Gasteiger partial charge in [-0.05, 0) is 46.6 Å². The Morgan fingerprint density at radius 1 is 1.11 bits per heavy atom. The third-order valence-electron chi connectivity index (χ3n) is 6.94. The summed E-state index contributed by atoms with van der Waals surface area (Å²) in [6.07, 6.45) is 6.99. The molecule has 2 fully saturated rings. The Bertz CT molecular complexity index is 1160. The molecule has 37 heavy (non-hydrogen) atoms. The summed E-state index contributed by atoms with van der Waals surface area (Å²) in [6.45, 7) is 12.2. The third kappa shape index (κ3) is 5.26. The van der Waals surface area contributed by atoms with Gasteiger partial charge in [0.05, 0.1) is 23.8 Å². The third-order valence-corrected chi connectivity index (χ3v) is 6.94. The fraction of sp³-hybridized carbons (Fsp3) is 0.577. The van der Waals surface area contributed by atoms with Crippen molar-refractivity contribution in [2.75, 3.05) is 65.8 Å². The predicted octanol–water partition coefficient (Wildman–Crippen LogP) is 2.99. The molecule has 11 heteroatoms. The fourth-order valence-electron chi connectivity index (χ4n) is 5.16. The zero-order chi connectivity index (χ0) is 26.2. The van der Waals surface area contributed by atoms with Crippen LogP contribution in [0.15, 0.2) is 24.7 Å². The monoisotopic (exact) mass is 508 g/mol. The van der Waals surface area contributed by atoms with Crippen LogP contribution in [0, 0.1) is 0 Å². The van der Waals surface area contributed by atoms with Crippen LogP contribution in [-0.4, -0.2) is 89.3 Å². The minimum absolute atomic E-state index is 0.110. The number of hydrogen-bond acceptors (Lipinski definition) is 9. The highest BCUT2D eigenvalue weighted by molar-refractivity contribution is 6.10. The standard InChI is InChI=1S/C26H36N8O3/c1-5-28-24-29-16-21-22(30-24)33-8-6-7-18(33)17-34(23(21)35)20-13-19(14-27-15-20)31-9-11-32(12-10-31)25(36)37-26(2,3)4/h13-16,18H,5-12,17H2,1-4H3,(H,28,29,30)/t18-/m0/s1. The quantitative estimate of drug-likeness (QED) is 0.667. The lowest BCUT2D eigenvalue weighted by Crippen LogP contribution is -2.50. The molecule has 1 atom stereocenters. The number of anilines is 4. The Balaban J connectivity index is 1.35. The molecule has 0 radical (unpaired) electrons. The van der Waals surface area contributed by atoms with Gasteiger partial charge in [0.1, 0.15) is 17.0 Å². The van der Waals surface area contributed by atoms with E-state index in [1.165, 1.54) is 0 Å². The van der Waals surface area contributed by atoms with E-state index in [1.807, 2.05) is 44.9 Å². The lowest BCUT2D eigenvalue weighted by atomic mass is 10.2. The summed E-state index contributed by atoms with van der Waals surface area (Å²) in [6, 6.07) is 2.21. The van der Waals surface area contributed by atoms with Crippen LogP contribution in [0.2, 0.25) is 0 Å². The van der Waals surface area contributed by atoms with Crippen LogP contribution < -0.4 is 20.0 Å². The minimum Gasteiger partial charge on any atom is -0.444 e. The van der Waals surface area contributed by atoms with E-state index in [0.29, 0.717) is 56.6 Å². The number of piperazine rings is 1. The number of fused-ring (bicyclic) bond motifs is 3. The second-order valence-electron chi connectivity index (χ2n) is 10.7. The molecule has 2 saturated heterocycles. The van der Waals surface area contributed by atoms with E-state index in [0.717, 1.165) is 30.8 Å².